The van der Waals surface area contributed by atoms with Crippen molar-refractivity contribution in [2.45, 2.75) is 32.2 Å². The van der Waals surface area contributed by atoms with Crippen LogP contribution < -0.4 is 0 Å². The van der Waals surface area contributed by atoms with Crippen LogP contribution in [0.3, 0.4) is 0 Å². The molecular weight excluding hydrogens is 144 g/mol. The maximum absolute atomic E-state index is 10.1. The zero-order valence-electron chi connectivity index (χ0n) is 6.65. The molecule has 3 heteroatoms. The number of allylic oxidation sites excluding steroid dienone is 1. The van der Waals surface area contributed by atoms with Gasteiger partial charge in [0.05, 0.1) is 6.10 Å². The van der Waals surface area contributed by atoms with Gasteiger partial charge in [-0.1, -0.05) is 0 Å². The van der Waals surface area contributed by atoms with E-state index in [1.165, 1.54) is 6.08 Å². The van der Waals surface area contributed by atoms with Gasteiger partial charge in [-0.05, 0) is 25.5 Å². The van der Waals surface area contributed by atoms with Gasteiger partial charge in [-0.15, -0.1) is 0 Å². The van der Waals surface area contributed by atoms with E-state index in [4.69, 9.17) is 4.74 Å². The molecular formula is C8H12O3. The lowest BCUT2D eigenvalue weighted by Gasteiger charge is -1.99. The van der Waals surface area contributed by atoms with Crippen molar-refractivity contribution in [1.29, 1.82) is 0 Å². The summed E-state index contributed by atoms with van der Waals surface area (Å²) in [5.74, 6) is 0. The largest absolute Gasteiger partial charge is 0.386 e. The molecule has 0 radical (unpaired) electrons. The molecule has 0 saturated carbocycles. The third kappa shape index (κ3) is 2.13. The monoisotopic (exact) mass is 156 g/mol. The van der Waals surface area contributed by atoms with Crippen LogP contribution >= 0.6 is 0 Å². The van der Waals surface area contributed by atoms with Gasteiger partial charge in [-0.25, -0.2) is 0 Å². The summed E-state index contributed by atoms with van der Waals surface area (Å²) in [5, 5.41) is 9.30. The number of aliphatic hydroxyl groups is 1. The first-order valence-corrected chi connectivity index (χ1v) is 3.62. The number of aldehydes is 1. The van der Waals surface area contributed by atoms with Crippen molar-refractivity contribution in [1.82, 2.24) is 0 Å². The molecule has 1 heterocycles. The number of epoxide rings is 1. The van der Waals surface area contributed by atoms with Crippen molar-refractivity contribution in [2.75, 3.05) is 0 Å². The second kappa shape index (κ2) is 3.15. The van der Waals surface area contributed by atoms with Gasteiger partial charge in [0.25, 0.3) is 0 Å². The lowest BCUT2D eigenvalue weighted by atomic mass is 10.1. The quantitative estimate of drug-likeness (QED) is 0.363. The van der Waals surface area contributed by atoms with Gasteiger partial charge in [-0.2, -0.15) is 0 Å². The first-order chi connectivity index (χ1) is 5.15. The highest BCUT2D eigenvalue weighted by molar-refractivity contribution is 5.72. The highest BCUT2D eigenvalue weighted by Crippen LogP contribution is 2.25. The molecule has 0 aromatic rings. The van der Waals surface area contributed by atoms with Crippen LogP contribution in [0, 0.1) is 0 Å². The number of carbonyl (C=O) groups is 1. The average molecular weight is 156 g/mol. The third-order valence-corrected chi connectivity index (χ3v) is 1.71. The molecule has 1 aliphatic rings. The summed E-state index contributed by atoms with van der Waals surface area (Å²) < 4.78 is 5.01. The maximum Gasteiger partial charge on any atom is 0.145 e. The molecule has 1 aliphatic heterocycles. The Morgan fingerprint density at radius 1 is 1.73 bits per heavy atom. The third-order valence-electron chi connectivity index (χ3n) is 1.71. The first-order valence-electron chi connectivity index (χ1n) is 3.62. The van der Waals surface area contributed by atoms with Crippen LogP contribution in [0.4, 0.5) is 0 Å². The Labute approximate surface area is 65.7 Å². The fourth-order valence-corrected chi connectivity index (χ4v) is 0.964. The molecule has 62 valence electrons. The molecule has 1 saturated heterocycles. The summed E-state index contributed by atoms with van der Waals surface area (Å²) >= 11 is 0. The molecule has 1 rings (SSSR count). The number of hydrogen-bond acceptors (Lipinski definition) is 3. The number of ether oxygens (including phenoxy) is 1. The molecule has 0 aromatic carbocycles. The standard InChI is InChI=1S/C8H12O3/c1-5(4-9)3-7(10)8-6(2)11-8/h3-4,6-8,10H,1-2H3/b5-3-. The van der Waals surface area contributed by atoms with E-state index in [-0.39, 0.29) is 12.2 Å². The van der Waals surface area contributed by atoms with Crippen molar-refractivity contribution < 1.29 is 14.6 Å². The minimum atomic E-state index is -0.629. The van der Waals surface area contributed by atoms with Gasteiger partial charge in [-0.3, -0.25) is 4.79 Å². The fraction of sp³-hybridized carbons (Fsp3) is 0.625. The van der Waals surface area contributed by atoms with E-state index in [1.54, 1.807) is 6.92 Å². The molecule has 1 N–H and O–H groups in total. The van der Waals surface area contributed by atoms with E-state index in [2.05, 4.69) is 0 Å². The second-order valence-electron chi connectivity index (χ2n) is 2.82. The van der Waals surface area contributed by atoms with Crippen molar-refractivity contribution in [3.63, 3.8) is 0 Å². The Balaban J connectivity index is 2.42. The molecule has 11 heavy (non-hydrogen) atoms. The van der Waals surface area contributed by atoms with Crippen molar-refractivity contribution in [2.24, 2.45) is 0 Å². The van der Waals surface area contributed by atoms with Crippen LogP contribution in [0.5, 0.6) is 0 Å². The summed E-state index contributed by atoms with van der Waals surface area (Å²) in [5.41, 5.74) is 0.542. The zero-order chi connectivity index (χ0) is 8.43. The lowest BCUT2D eigenvalue weighted by molar-refractivity contribution is -0.104. The lowest BCUT2D eigenvalue weighted by Crippen LogP contribution is -2.13. The van der Waals surface area contributed by atoms with Gasteiger partial charge in [0, 0.05) is 0 Å². The SMILES string of the molecule is C/C(C=O)=C/C(O)C1OC1C. The number of hydrogen-bond donors (Lipinski definition) is 1. The Kier molecular flexibility index (Phi) is 2.42. The van der Waals surface area contributed by atoms with E-state index < -0.39 is 6.10 Å². The molecule has 0 spiro atoms. The Morgan fingerprint density at radius 3 is 2.64 bits per heavy atom. The molecule has 3 atom stereocenters. The Bertz CT molecular complexity index is 186. The van der Waals surface area contributed by atoms with E-state index >= 15 is 0 Å². The Morgan fingerprint density at radius 2 is 2.27 bits per heavy atom. The molecule has 0 amide bonds. The van der Waals surface area contributed by atoms with E-state index in [1.807, 2.05) is 6.92 Å². The van der Waals surface area contributed by atoms with Crippen LogP contribution in [-0.4, -0.2) is 29.7 Å². The molecule has 0 aromatic heterocycles. The fourth-order valence-electron chi connectivity index (χ4n) is 0.964. The van der Waals surface area contributed by atoms with Crippen molar-refractivity contribution in [3.05, 3.63) is 11.6 Å². The predicted molar refractivity (Wildman–Crippen MR) is 40.2 cm³/mol. The number of aliphatic hydroxyl groups excluding tert-OH is 1. The van der Waals surface area contributed by atoms with Crippen molar-refractivity contribution >= 4 is 6.29 Å². The number of rotatable bonds is 3. The average Bonchev–Trinajstić information content (AvgIpc) is 2.66. The predicted octanol–water partition coefficient (Wildman–Crippen LogP) is 0.280. The smallest absolute Gasteiger partial charge is 0.145 e. The van der Waals surface area contributed by atoms with Gasteiger partial charge in [0.15, 0.2) is 0 Å². The zero-order valence-corrected chi connectivity index (χ0v) is 6.65. The van der Waals surface area contributed by atoms with Crippen molar-refractivity contribution in [3.8, 4) is 0 Å². The van der Waals surface area contributed by atoms with Crippen LogP contribution in [0.2, 0.25) is 0 Å². The maximum atomic E-state index is 10.1. The first kappa shape index (κ1) is 8.43. The second-order valence-corrected chi connectivity index (χ2v) is 2.82. The summed E-state index contributed by atoms with van der Waals surface area (Å²) in [6.07, 6.45) is 1.62. The minimum absolute atomic E-state index is 0.107. The van der Waals surface area contributed by atoms with Crippen LogP contribution in [0.25, 0.3) is 0 Å². The molecule has 1 fully saturated rings. The van der Waals surface area contributed by atoms with Gasteiger partial charge in [0.2, 0.25) is 0 Å². The van der Waals surface area contributed by atoms with Gasteiger partial charge >= 0.3 is 0 Å². The summed E-state index contributed by atoms with van der Waals surface area (Å²) in [6, 6.07) is 0. The minimum Gasteiger partial charge on any atom is -0.386 e. The van der Waals surface area contributed by atoms with E-state index in [9.17, 15) is 9.90 Å². The summed E-state index contributed by atoms with van der Waals surface area (Å²) in [7, 11) is 0. The molecule has 3 unspecified atom stereocenters. The van der Waals surface area contributed by atoms with Crippen LogP contribution in [-0.2, 0) is 9.53 Å². The number of carbonyl (C=O) groups excluding carboxylic acids is 1. The highest BCUT2D eigenvalue weighted by atomic mass is 16.6. The highest BCUT2D eigenvalue weighted by Gasteiger charge is 2.39. The van der Waals surface area contributed by atoms with Gasteiger partial charge in [0.1, 0.15) is 18.5 Å². The molecule has 0 bridgehead atoms. The Hall–Kier alpha value is -0.670. The van der Waals surface area contributed by atoms with Crippen LogP contribution in [0.1, 0.15) is 13.8 Å². The normalized spacial score (nSPS) is 33.2. The van der Waals surface area contributed by atoms with E-state index in [0.29, 0.717) is 5.57 Å². The van der Waals surface area contributed by atoms with Gasteiger partial charge < -0.3 is 9.84 Å². The van der Waals surface area contributed by atoms with E-state index in [0.717, 1.165) is 6.29 Å². The molecule has 0 aliphatic carbocycles. The molecule has 3 nitrogen and oxygen atoms in total. The topological polar surface area (TPSA) is 49.8 Å². The summed E-state index contributed by atoms with van der Waals surface area (Å²) in [4.78, 5) is 10.1. The van der Waals surface area contributed by atoms with Crippen LogP contribution in [0.15, 0.2) is 11.6 Å². The summed E-state index contributed by atoms with van der Waals surface area (Å²) in [6.45, 7) is 3.54.